The molecule has 3 N–H and O–H groups in total. The van der Waals surface area contributed by atoms with Crippen LogP contribution in [-0.4, -0.2) is 59.2 Å². The first-order valence-corrected chi connectivity index (χ1v) is 12.6. The van der Waals surface area contributed by atoms with Crippen molar-refractivity contribution < 1.29 is 28.3 Å². The van der Waals surface area contributed by atoms with Crippen LogP contribution < -0.4 is 5.32 Å². The number of nitro groups is 1. The first kappa shape index (κ1) is 28.7. The Hall–Kier alpha value is -3.53. The topological polar surface area (TPSA) is 174 Å². The molecule has 0 fully saturated rings. The minimum atomic E-state index is -4.33. The second-order valence-corrected chi connectivity index (χ2v) is 11.1. The van der Waals surface area contributed by atoms with Gasteiger partial charge in [0.15, 0.2) is 0 Å². The lowest BCUT2D eigenvalue weighted by Crippen LogP contribution is -2.51. The van der Waals surface area contributed by atoms with Crippen LogP contribution >= 0.6 is 0 Å². The van der Waals surface area contributed by atoms with Gasteiger partial charge in [0, 0.05) is 31.6 Å². The fourth-order valence-electron chi connectivity index (χ4n) is 3.75. The molecule has 2 aromatic rings. The van der Waals surface area contributed by atoms with Crippen molar-refractivity contribution in [2.24, 2.45) is 5.41 Å². The third kappa shape index (κ3) is 8.30. The Morgan fingerprint density at radius 3 is 2.47 bits per heavy atom. The van der Waals surface area contributed by atoms with Crippen molar-refractivity contribution in [1.29, 1.82) is 5.26 Å². The number of nitro benzene ring substituents is 1. The van der Waals surface area contributed by atoms with E-state index in [2.05, 4.69) is 5.32 Å². The molecular formula is C24H30N4O7S. The van der Waals surface area contributed by atoms with Gasteiger partial charge >= 0.3 is 6.09 Å². The number of sulfonamides is 1. The van der Waals surface area contributed by atoms with Crippen LogP contribution in [0.4, 0.5) is 10.5 Å². The number of nitriles is 1. The van der Waals surface area contributed by atoms with Crippen molar-refractivity contribution in [1.82, 2.24) is 9.62 Å². The van der Waals surface area contributed by atoms with Crippen molar-refractivity contribution in [2.45, 2.75) is 50.2 Å². The quantitative estimate of drug-likeness (QED) is 0.268. The smallest absolute Gasteiger partial charge is 0.404 e. The molecule has 2 aromatic carbocycles. The highest BCUT2D eigenvalue weighted by molar-refractivity contribution is 7.89. The standard InChI is InChI=1S/C24H30N4O7S/c1-24(2,12-7-13-25)17-27(36(34,35)20-11-6-10-19(15-20)28(32)33)16-22(29)21(26-23(30)31)14-18-8-4-3-5-9-18/h3-6,8-11,15,21-22,26,29H,7,12,14,16-17H2,1-2H3,(H,30,31)/t21-,22+/m0/s1. The van der Waals surface area contributed by atoms with E-state index in [1.165, 1.54) is 18.2 Å². The lowest BCUT2D eigenvalue weighted by Gasteiger charge is -2.34. The third-order valence-electron chi connectivity index (χ3n) is 5.65. The Bertz CT molecular complexity index is 1200. The number of hydrogen-bond acceptors (Lipinski definition) is 7. The molecule has 0 bridgehead atoms. The first-order valence-electron chi connectivity index (χ1n) is 11.2. The Balaban J connectivity index is 2.43. The highest BCUT2D eigenvalue weighted by Crippen LogP contribution is 2.29. The number of hydrogen-bond donors (Lipinski definition) is 3. The first-order chi connectivity index (χ1) is 16.9. The van der Waals surface area contributed by atoms with E-state index in [9.17, 15) is 33.5 Å². The van der Waals surface area contributed by atoms with E-state index in [-0.39, 0.29) is 24.3 Å². The fourth-order valence-corrected chi connectivity index (χ4v) is 5.44. The van der Waals surface area contributed by atoms with Crippen molar-refractivity contribution in [3.05, 3.63) is 70.3 Å². The molecule has 0 saturated carbocycles. The predicted molar refractivity (Wildman–Crippen MR) is 132 cm³/mol. The molecule has 0 aliphatic heterocycles. The molecule has 0 saturated heterocycles. The molecule has 1 amide bonds. The highest BCUT2D eigenvalue weighted by Gasteiger charge is 2.35. The second kappa shape index (κ2) is 12.4. The minimum Gasteiger partial charge on any atom is -0.465 e. The van der Waals surface area contributed by atoms with E-state index in [1.807, 2.05) is 6.07 Å². The number of carbonyl (C=O) groups is 1. The summed E-state index contributed by atoms with van der Waals surface area (Å²) in [6.45, 7) is 2.95. The Labute approximate surface area is 210 Å². The molecule has 2 atom stereocenters. The largest absolute Gasteiger partial charge is 0.465 e. The molecule has 36 heavy (non-hydrogen) atoms. The summed E-state index contributed by atoms with van der Waals surface area (Å²) >= 11 is 0. The Kier molecular flexibility index (Phi) is 9.92. The summed E-state index contributed by atoms with van der Waals surface area (Å²) in [5.74, 6) is 0. The molecule has 0 aliphatic carbocycles. The van der Waals surface area contributed by atoms with Crippen LogP contribution in [0.1, 0.15) is 32.3 Å². The van der Waals surface area contributed by atoms with Gasteiger partial charge in [-0.1, -0.05) is 50.2 Å². The molecule has 11 nitrogen and oxygen atoms in total. The molecule has 0 aliphatic rings. The van der Waals surface area contributed by atoms with Crippen molar-refractivity contribution in [2.75, 3.05) is 13.1 Å². The van der Waals surface area contributed by atoms with Crippen LogP contribution in [-0.2, 0) is 16.4 Å². The molecule has 0 spiro atoms. The minimum absolute atomic E-state index is 0.108. The average Bonchev–Trinajstić information content (AvgIpc) is 2.82. The molecule has 0 aromatic heterocycles. The van der Waals surface area contributed by atoms with Gasteiger partial charge < -0.3 is 15.5 Å². The van der Waals surface area contributed by atoms with Gasteiger partial charge in [-0.15, -0.1) is 0 Å². The third-order valence-corrected chi connectivity index (χ3v) is 7.45. The van der Waals surface area contributed by atoms with Gasteiger partial charge in [-0.05, 0) is 29.9 Å². The van der Waals surface area contributed by atoms with Crippen LogP contribution in [0.5, 0.6) is 0 Å². The molecule has 0 radical (unpaired) electrons. The normalized spacial score (nSPS) is 13.5. The van der Waals surface area contributed by atoms with Gasteiger partial charge in [0.2, 0.25) is 10.0 Å². The average molecular weight is 519 g/mol. The summed E-state index contributed by atoms with van der Waals surface area (Å²) in [6.07, 6.45) is -2.17. The lowest BCUT2D eigenvalue weighted by molar-refractivity contribution is -0.385. The Morgan fingerprint density at radius 2 is 1.89 bits per heavy atom. The van der Waals surface area contributed by atoms with Crippen molar-refractivity contribution >= 4 is 21.8 Å². The maximum atomic E-state index is 13.6. The summed E-state index contributed by atoms with van der Waals surface area (Å²) in [4.78, 5) is 21.6. The van der Waals surface area contributed by atoms with Crippen LogP contribution in [0, 0.1) is 26.9 Å². The molecule has 0 heterocycles. The van der Waals surface area contributed by atoms with Crippen LogP contribution in [0.3, 0.4) is 0 Å². The number of carboxylic acid groups (broad SMARTS) is 1. The van der Waals surface area contributed by atoms with Gasteiger partial charge in [-0.3, -0.25) is 10.1 Å². The highest BCUT2D eigenvalue weighted by atomic mass is 32.2. The zero-order chi connectivity index (χ0) is 26.9. The monoisotopic (exact) mass is 518 g/mol. The van der Waals surface area contributed by atoms with E-state index in [4.69, 9.17) is 5.26 Å². The van der Waals surface area contributed by atoms with Gasteiger partial charge in [0.25, 0.3) is 5.69 Å². The van der Waals surface area contributed by atoms with E-state index in [1.54, 1.807) is 44.2 Å². The molecule has 194 valence electrons. The number of nitrogens with zero attached hydrogens (tertiary/aromatic N) is 3. The van der Waals surface area contributed by atoms with Crippen molar-refractivity contribution in [3.8, 4) is 6.07 Å². The van der Waals surface area contributed by atoms with Crippen LogP contribution in [0.15, 0.2) is 59.5 Å². The fraction of sp³-hybridized carbons (Fsp3) is 0.417. The number of nitrogens with one attached hydrogen (secondary N) is 1. The number of aliphatic hydroxyl groups excluding tert-OH is 1. The van der Waals surface area contributed by atoms with Gasteiger partial charge in [-0.25, -0.2) is 13.2 Å². The number of amides is 1. The lowest BCUT2D eigenvalue weighted by atomic mass is 9.88. The number of aliphatic hydroxyl groups is 1. The van der Waals surface area contributed by atoms with Gasteiger partial charge in [0.1, 0.15) is 0 Å². The zero-order valence-electron chi connectivity index (χ0n) is 20.1. The summed E-state index contributed by atoms with van der Waals surface area (Å²) in [6, 6.07) is 14.4. The number of non-ortho nitro benzene ring substituents is 1. The number of benzene rings is 2. The maximum Gasteiger partial charge on any atom is 0.404 e. The van der Waals surface area contributed by atoms with Gasteiger partial charge in [0.05, 0.1) is 28.0 Å². The van der Waals surface area contributed by atoms with Crippen LogP contribution in [0.25, 0.3) is 0 Å². The number of rotatable bonds is 13. The van der Waals surface area contributed by atoms with Crippen molar-refractivity contribution in [3.63, 3.8) is 0 Å². The van der Waals surface area contributed by atoms with Gasteiger partial charge in [-0.2, -0.15) is 9.57 Å². The summed E-state index contributed by atoms with van der Waals surface area (Å²) in [5, 5.41) is 42.8. The second-order valence-electron chi connectivity index (χ2n) is 9.19. The van der Waals surface area contributed by atoms with E-state index >= 15 is 0 Å². The molecular weight excluding hydrogens is 488 g/mol. The van der Waals surface area contributed by atoms with E-state index in [0.717, 1.165) is 15.9 Å². The molecule has 2 rings (SSSR count). The zero-order valence-corrected chi connectivity index (χ0v) is 20.9. The Morgan fingerprint density at radius 1 is 1.22 bits per heavy atom. The molecule has 12 heteroatoms. The van der Waals surface area contributed by atoms with E-state index < -0.39 is 50.8 Å². The SMILES string of the molecule is CC(C)(CCC#N)CN(C[C@@H](O)[C@H](Cc1ccccc1)NC(=O)O)S(=O)(=O)c1cccc([N+](=O)[O-])c1. The predicted octanol–water partition coefficient (Wildman–Crippen LogP) is 3.16. The van der Waals surface area contributed by atoms with Crippen LogP contribution in [0.2, 0.25) is 0 Å². The summed E-state index contributed by atoms with van der Waals surface area (Å²) < 4.78 is 28.2. The molecule has 0 unspecified atom stereocenters. The maximum absolute atomic E-state index is 13.6. The summed E-state index contributed by atoms with van der Waals surface area (Å²) in [7, 11) is -4.33. The summed E-state index contributed by atoms with van der Waals surface area (Å²) in [5.41, 5.74) is -0.356. The van der Waals surface area contributed by atoms with E-state index in [0.29, 0.717) is 6.42 Å².